The molecule has 0 unspecified atom stereocenters. The number of aryl methyl sites for hydroxylation is 1. The Labute approximate surface area is 152 Å². The van der Waals surface area contributed by atoms with Gasteiger partial charge in [-0.05, 0) is 42.7 Å². The Balaban J connectivity index is 1.42. The number of nitrogens with zero attached hydrogens (tertiary/aromatic N) is 3. The van der Waals surface area contributed by atoms with Crippen LogP contribution in [0.5, 0.6) is 5.75 Å². The highest BCUT2D eigenvalue weighted by molar-refractivity contribution is 5.89. The summed E-state index contributed by atoms with van der Waals surface area (Å²) in [5, 5.41) is 5.32. The highest BCUT2D eigenvalue weighted by Crippen LogP contribution is 2.28. The van der Waals surface area contributed by atoms with Crippen LogP contribution in [0.1, 0.15) is 30.0 Å². The van der Waals surface area contributed by atoms with Crippen molar-refractivity contribution >= 4 is 16.8 Å². The van der Waals surface area contributed by atoms with E-state index in [4.69, 9.17) is 4.74 Å². The third kappa shape index (κ3) is 3.07. The highest BCUT2D eigenvalue weighted by atomic mass is 16.5. The van der Waals surface area contributed by atoms with E-state index in [1.807, 2.05) is 47.2 Å². The molecule has 3 heterocycles. The molecule has 0 radical (unpaired) electrons. The van der Waals surface area contributed by atoms with Crippen molar-refractivity contribution < 1.29 is 9.53 Å². The van der Waals surface area contributed by atoms with Gasteiger partial charge in [0.1, 0.15) is 5.75 Å². The van der Waals surface area contributed by atoms with E-state index >= 15 is 0 Å². The molecule has 6 heteroatoms. The fraction of sp³-hybridized carbons (Fsp3) is 0.400. The van der Waals surface area contributed by atoms with Crippen molar-refractivity contribution in [1.29, 1.82) is 0 Å². The Morgan fingerprint density at radius 2 is 2.12 bits per heavy atom. The van der Waals surface area contributed by atoms with Crippen molar-refractivity contribution in [1.82, 2.24) is 19.7 Å². The van der Waals surface area contributed by atoms with Gasteiger partial charge in [-0.3, -0.25) is 9.48 Å². The molecule has 6 nitrogen and oxygen atoms in total. The number of rotatable bonds is 4. The second kappa shape index (κ2) is 6.86. The zero-order chi connectivity index (χ0) is 18.1. The van der Waals surface area contributed by atoms with Crippen LogP contribution in [-0.4, -0.2) is 45.8 Å². The number of hydrogen-bond donors (Lipinski definition) is 1. The van der Waals surface area contributed by atoms with Crippen molar-refractivity contribution in [2.75, 3.05) is 20.2 Å². The quantitative estimate of drug-likeness (QED) is 0.785. The number of amides is 1. The fourth-order valence-electron chi connectivity index (χ4n) is 3.91. The van der Waals surface area contributed by atoms with Crippen LogP contribution in [0.4, 0.5) is 0 Å². The Morgan fingerprint density at radius 1 is 1.31 bits per heavy atom. The molecule has 1 aliphatic rings. The normalized spacial score (nSPS) is 15.5. The van der Waals surface area contributed by atoms with E-state index in [1.165, 1.54) is 5.69 Å². The molecule has 2 aromatic heterocycles. The van der Waals surface area contributed by atoms with Gasteiger partial charge in [0.15, 0.2) is 0 Å². The van der Waals surface area contributed by atoms with Crippen LogP contribution >= 0.6 is 0 Å². The first kappa shape index (κ1) is 16.7. The number of aromatic nitrogens is 3. The molecule has 0 saturated carbocycles. The van der Waals surface area contributed by atoms with E-state index < -0.39 is 0 Å². The standard InChI is InChI=1S/C20H24N4O2/c1-23-19(5-8-22-23)14-6-9-24(10-7-14)20(25)11-15-13-21-18-4-3-16(26-2)12-17(15)18/h3-5,8,12-14,21H,6-7,9-11H2,1-2H3. The number of carbonyl (C=O) groups is 1. The second-order valence-electron chi connectivity index (χ2n) is 6.94. The molecule has 1 saturated heterocycles. The minimum absolute atomic E-state index is 0.192. The van der Waals surface area contributed by atoms with E-state index in [2.05, 4.69) is 16.1 Å². The van der Waals surface area contributed by atoms with Crippen LogP contribution in [0.2, 0.25) is 0 Å². The van der Waals surface area contributed by atoms with Crippen molar-refractivity contribution in [3.63, 3.8) is 0 Å². The van der Waals surface area contributed by atoms with Gasteiger partial charge in [0, 0.05) is 55.0 Å². The summed E-state index contributed by atoms with van der Waals surface area (Å²) in [4.78, 5) is 18.0. The largest absolute Gasteiger partial charge is 0.497 e. The number of H-pyrrole nitrogens is 1. The maximum atomic E-state index is 12.8. The minimum atomic E-state index is 0.192. The van der Waals surface area contributed by atoms with Crippen LogP contribution in [0.3, 0.4) is 0 Å². The third-order valence-electron chi connectivity index (χ3n) is 5.44. The zero-order valence-electron chi connectivity index (χ0n) is 15.2. The van der Waals surface area contributed by atoms with Crippen LogP contribution in [-0.2, 0) is 18.3 Å². The predicted molar refractivity (Wildman–Crippen MR) is 100 cm³/mol. The molecule has 26 heavy (non-hydrogen) atoms. The molecule has 0 atom stereocenters. The SMILES string of the molecule is COc1ccc2[nH]cc(CC(=O)N3CCC(c4ccnn4C)CC3)c2c1. The van der Waals surface area contributed by atoms with E-state index in [0.29, 0.717) is 12.3 Å². The summed E-state index contributed by atoms with van der Waals surface area (Å²) in [5.74, 6) is 1.49. The number of nitrogens with one attached hydrogen (secondary N) is 1. The number of aromatic amines is 1. The average molecular weight is 352 g/mol. The lowest BCUT2D eigenvalue weighted by molar-refractivity contribution is -0.131. The molecule has 0 aliphatic carbocycles. The Hall–Kier alpha value is -2.76. The molecule has 1 amide bonds. The first-order valence-corrected chi connectivity index (χ1v) is 9.05. The summed E-state index contributed by atoms with van der Waals surface area (Å²) < 4.78 is 7.25. The van der Waals surface area contributed by atoms with Crippen molar-refractivity contribution in [2.24, 2.45) is 7.05 Å². The summed E-state index contributed by atoms with van der Waals surface area (Å²) in [6.45, 7) is 1.61. The monoisotopic (exact) mass is 352 g/mol. The lowest BCUT2D eigenvalue weighted by Crippen LogP contribution is -2.39. The summed E-state index contributed by atoms with van der Waals surface area (Å²) in [7, 11) is 3.64. The van der Waals surface area contributed by atoms with Gasteiger partial charge in [-0.25, -0.2) is 0 Å². The third-order valence-corrected chi connectivity index (χ3v) is 5.44. The number of ether oxygens (including phenoxy) is 1. The molecule has 0 spiro atoms. The van der Waals surface area contributed by atoms with Crippen molar-refractivity contribution in [2.45, 2.75) is 25.2 Å². The number of hydrogen-bond acceptors (Lipinski definition) is 3. The van der Waals surface area contributed by atoms with E-state index in [1.54, 1.807) is 7.11 Å². The van der Waals surface area contributed by atoms with Crippen molar-refractivity contribution in [3.8, 4) is 5.75 Å². The molecule has 4 rings (SSSR count). The number of benzene rings is 1. The summed E-state index contributed by atoms with van der Waals surface area (Å²) in [5.41, 5.74) is 3.32. The van der Waals surface area contributed by atoms with E-state index in [-0.39, 0.29) is 5.91 Å². The summed E-state index contributed by atoms with van der Waals surface area (Å²) >= 11 is 0. The molecule has 0 bridgehead atoms. The summed E-state index contributed by atoms with van der Waals surface area (Å²) in [6, 6.07) is 7.99. The highest BCUT2D eigenvalue weighted by Gasteiger charge is 2.25. The van der Waals surface area contributed by atoms with Gasteiger partial charge in [0.25, 0.3) is 0 Å². The number of carbonyl (C=O) groups excluding carboxylic acids is 1. The van der Waals surface area contributed by atoms with Crippen LogP contribution < -0.4 is 4.74 Å². The molecular weight excluding hydrogens is 328 g/mol. The molecule has 1 fully saturated rings. The van der Waals surface area contributed by atoms with Gasteiger partial charge in [0.2, 0.25) is 5.91 Å². The topological polar surface area (TPSA) is 63.2 Å². The van der Waals surface area contributed by atoms with Crippen molar-refractivity contribution in [3.05, 3.63) is 47.9 Å². The van der Waals surface area contributed by atoms with Crippen LogP contribution in [0, 0.1) is 0 Å². The smallest absolute Gasteiger partial charge is 0.227 e. The maximum absolute atomic E-state index is 12.8. The average Bonchev–Trinajstić information content (AvgIpc) is 3.27. The van der Waals surface area contributed by atoms with Crippen LogP contribution in [0.25, 0.3) is 10.9 Å². The zero-order valence-corrected chi connectivity index (χ0v) is 15.2. The predicted octanol–water partition coefficient (Wildman–Crippen LogP) is 2.86. The lowest BCUT2D eigenvalue weighted by atomic mass is 9.93. The minimum Gasteiger partial charge on any atom is -0.497 e. The molecule has 136 valence electrons. The van der Waals surface area contributed by atoms with Gasteiger partial charge in [-0.15, -0.1) is 0 Å². The molecule has 1 aromatic carbocycles. The van der Waals surface area contributed by atoms with Gasteiger partial charge >= 0.3 is 0 Å². The first-order chi connectivity index (χ1) is 12.7. The lowest BCUT2D eigenvalue weighted by Gasteiger charge is -2.32. The van der Waals surface area contributed by atoms with Gasteiger partial charge in [-0.1, -0.05) is 0 Å². The fourth-order valence-corrected chi connectivity index (χ4v) is 3.91. The van der Waals surface area contributed by atoms with Gasteiger partial charge in [-0.2, -0.15) is 5.10 Å². The summed E-state index contributed by atoms with van der Waals surface area (Å²) in [6.07, 6.45) is 6.19. The molecule has 1 N–H and O–H groups in total. The van der Waals surface area contributed by atoms with E-state index in [9.17, 15) is 4.79 Å². The van der Waals surface area contributed by atoms with Gasteiger partial charge in [0.05, 0.1) is 13.5 Å². The maximum Gasteiger partial charge on any atom is 0.227 e. The Bertz CT molecular complexity index is 919. The Morgan fingerprint density at radius 3 is 2.81 bits per heavy atom. The first-order valence-electron chi connectivity index (χ1n) is 9.05. The number of fused-ring (bicyclic) bond motifs is 1. The van der Waals surface area contributed by atoms with Crippen LogP contribution in [0.15, 0.2) is 36.7 Å². The molecule has 3 aromatic rings. The number of likely N-dealkylation sites (tertiary alicyclic amines) is 1. The Kier molecular flexibility index (Phi) is 4.41. The second-order valence-corrected chi connectivity index (χ2v) is 6.94. The molecular formula is C20H24N4O2. The van der Waals surface area contributed by atoms with E-state index in [0.717, 1.165) is 48.1 Å². The number of methoxy groups -OCH3 is 1. The number of piperidine rings is 1. The van der Waals surface area contributed by atoms with Gasteiger partial charge < -0.3 is 14.6 Å². The molecule has 1 aliphatic heterocycles.